The Morgan fingerprint density at radius 1 is 0.176 bits per heavy atom. The van der Waals surface area contributed by atoms with Gasteiger partial charge in [0.1, 0.15) is 0 Å². The molecule has 22 aromatic carbocycles. The summed E-state index contributed by atoms with van der Waals surface area (Å²) in [5.74, 6) is 0. The van der Waals surface area contributed by atoms with E-state index >= 15 is 0 Å². The second-order valence-electron chi connectivity index (χ2n) is 28.3. The fraction of sp³-hybridized carbons (Fsp3) is 0. The molecule has 504 valence electrons. The van der Waals surface area contributed by atoms with Crippen LogP contribution in [-0.4, -0.2) is 17.2 Å². The lowest BCUT2D eigenvalue weighted by Gasteiger charge is -2.19. The van der Waals surface area contributed by atoms with Gasteiger partial charge >= 0.3 is 7.12 Å². The van der Waals surface area contributed by atoms with E-state index in [1.165, 1.54) is 174 Å². The molecule has 0 aliphatic rings. The van der Waals surface area contributed by atoms with Crippen LogP contribution < -0.4 is 5.46 Å². The molecule has 0 aliphatic carbocycles. The lowest BCUT2D eigenvalue weighted by molar-refractivity contribution is 0.426. The zero-order valence-electron chi connectivity index (χ0n) is 58.8. The molecule has 0 radical (unpaired) electrons. The molecular weight excluding hydrogens is 1370 g/mol. The number of hydrogen-bond donors (Lipinski definition) is 2. The van der Waals surface area contributed by atoms with Crippen LogP contribution in [0.25, 0.3) is 206 Å². The molecule has 0 aromatic heterocycles. The van der Waals surface area contributed by atoms with E-state index in [4.69, 9.17) is 0 Å². The highest BCUT2D eigenvalue weighted by Gasteiger charge is 2.24. The third kappa shape index (κ3) is 10.9. The van der Waals surface area contributed by atoms with E-state index in [2.05, 4.69) is 356 Å². The minimum Gasteiger partial charge on any atom is -0.423 e. The van der Waals surface area contributed by atoms with Crippen molar-refractivity contribution in [3.8, 4) is 55.6 Å². The quantitative estimate of drug-likeness (QED) is 0.0990. The van der Waals surface area contributed by atoms with Crippen LogP contribution in [0.2, 0.25) is 0 Å². The molecular formula is C104H66BBrO2. The Kier molecular flexibility index (Phi) is 16.0. The Bertz CT molecular complexity index is 7330. The molecule has 0 saturated heterocycles. The molecule has 0 fully saturated rings. The van der Waals surface area contributed by atoms with Crippen molar-refractivity contribution in [2.75, 3.05) is 0 Å². The maximum absolute atomic E-state index is 10.1. The fourth-order valence-corrected chi connectivity index (χ4v) is 18.1. The fourth-order valence-electron chi connectivity index (χ4n) is 17.7. The molecule has 0 aliphatic heterocycles. The van der Waals surface area contributed by atoms with E-state index in [1.54, 1.807) is 0 Å². The van der Waals surface area contributed by atoms with Crippen molar-refractivity contribution in [1.82, 2.24) is 0 Å². The molecule has 0 bridgehead atoms. The van der Waals surface area contributed by atoms with Gasteiger partial charge in [0.2, 0.25) is 0 Å². The Morgan fingerprint density at radius 2 is 0.435 bits per heavy atom. The Hall–Kier alpha value is -13.1. The summed E-state index contributed by atoms with van der Waals surface area (Å²) < 4.78 is 1.10. The molecule has 0 atom stereocenters. The van der Waals surface area contributed by atoms with Gasteiger partial charge in [-0.25, -0.2) is 0 Å². The summed E-state index contributed by atoms with van der Waals surface area (Å²) in [7, 11) is -1.52. The van der Waals surface area contributed by atoms with Gasteiger partial charge in [0.15, 0.2) is 0 Å². The van der Waals surface area contributed by atoms with Crippen LogP contribution in [0.1, 0.15) is 0 Å². The van der Waals surface area contributed by atoms with Gasteiger partial charge in [-0.1, -0.05) is 362 Å². The molecule has 0 amide bonds. The Balaban J connectivity index is 0.000000116. The highest BCUT2D eigenvalue weighted by Crippen LogP contribution is 2.49. The lowest BCUT2D eigenvalue weighted by Crippen LogP contribution is -2.31. The molecule has 0 spiro atoms. The van der Waals surface area contributed by atoms with Crippen LogP contribution in [-0.2, 0) is 0 Å². The third-order valence-electron chi connectivity index (χ3n) is 22.3. The number of halogens is 1. The molecule has 4 heteroatoms. The van der Waals surface area contributed by atoms with Crippen molar-refractivity contribution in [3.05, 3.63) is 393 Å². The van der Waals surface area contributed by atoms with Crippen molar-refractivity contribution < 1.29 is 10.0 Å². The van der Waals surface area contributed by atoms with E-state index in [1.807, 2.05) is 48.5 Å². The number of benzene rings is 22. The highest BCUT2D eigenvalue weighted by atomic mass is 79.9. The van der Waals surface area contributed by atoms with Crippen molar-refractivity contribution >= 4 is 179 Å². The predicted octanol–water partition coefficient (Wildman–Crippen LogP) is 28.0. The monoisotopic (exact) mass is 1440 g/mol. The molecule has 22 aromatic rings. The molecule has 0 heterocycles. The smallest absolute Gasteiger partial charge is 0.423 e. The summed E-state index contributed by atoms with van der Waals surface area (Å²) in [5.41, 5.74) is 12.8. The van der Waals surface area contributed by atoms with Crippen LogP contribution in [0.3, 0.4) is 0 Å². The lowest BCUT2D eigenvalue weighted by atomic mass is 9.72. The van der Waals surface area contributed by atoms with Gasteiger partial charge in [-0.15, -0.1) is 0 Å². The number of fused-ring (bicyclic) bond motifs is 22. The van der Waals surface area contributed by atoms with Crippen LogP contribution >= 0.6 is 15.9 Å². The summed E-state index contributed by atoms with van der Waals surface area (Å²) in [6.45, 7) is 0. The van der Waals surface area contributed by atoms with E-state index < -0.39 is 7.12 Å². The van der Waals surface area contributed by atoms with Crippen LogP contribution in [0, 0.1) is 0 Å². The maximum Gasteiger partial charge on any atom is 0.489 e. The first-order valence-corrected chi connectivity index (χ1v) is 37.7. The van der Waals surface area contributed by atoms with Crippen molar-refractivity contribution in [1.29, 1.82) is 0 Å². The standard InChI is InChI=1S/C52H32.C28H17Br.C24H17BO2/c1-2-15-34-30-37(29-28-33(34)14-1)51-46-26-11-9-24-44(46)50(45-25-10-12-27-47(45)51)36-17-13-16-35(31-36)48-32-49-40-20-4-3-18-38(40)39-19-5-7-22-42(39)52(49)43-23-8-6-21-41(43)48;29-19-9-7-8-18(16-19)26-17-27-22-12-2-1-10-20(22)21-11-3-5-14-24(21)28(27)25-15-6-4-13-23(25)26;26-25(27)24-21-11-5-3-9-19(21)23(20-10-4-6-12-22(20)24)18-14-13-16-7-1-2-8-17(16)15-18/h1-32H;1-17H;1-15,26-27H. The summed E-state index contributed by atoms with van der Waals surface area (Å²) >= 11 is 3.65. The van der Waals surface area contributed by atoms with Gasteiger partial charge in [-0.3, -0.25) is 0 Å². The molecule has 2 nitrogen and oxygen atoms in total. The number of rotatable bonds is 6. The normalized spacial score (nSPS) is 11.7. The van der Waals surface area contributed by atoms with Crippen LogP contribution in [0.15, 0.2) is 393 Å². The van der Waals surface area contributed by atoms with E-state index in [-0.39, 0.29) is 0 Å². The summed E-state index contributed by atoms with van der Waals surface area (Å²) in [6.07, 6.45) is 0. The largest absolute Gasteiger partial charge is 0.489 e. The van der Waals surface area contributed by atoms with Crippen molar-refractivity contribution in [2.45, 2.75) is 0 Å². The van der Waals surface area contributed by atoms with Gasteiger partial charge in [0.25, 0.3) is 0 Å². The molecule has 0 saturated carbocycles. The van der Waals surface area contributed by atoms with Crippen LogP contribution in [0.4, 0.5) is 0 Å². The average molecular weight is 1440 g/mol. The van der Waals surface area contributed by atoms with Gasteiger partial charge in [0.05, 0.1) is 0 Å². The number of hydrogen-bond acceptors (Lipinski definition) is 2. The van der Waals surface area contributed by atoms with Gasteiger partial charge in [0, 0.05) is 4.47 Å². The zero-order chi connectivity index (χ0) is 71.9. The molecule has 2 N–H and O–H groups in total. The SMILES string of the molecule is Brc1cccc(-c2cc3c4ccccc4c4ccccc4c3c3ccccc23)c1.OB(O)c1c2ccccc2c(-c2ccc3ccccc3c2)c2ccccc12.c1cc(-c2c3ccccc3c(-c3ccc4ccccc4c3)c3ccccc23)cc(-c2cc3c4ccccc4c4ccccc4c3c3ccccc23)c1. The van der Waals surface area contributed by atoms with Crippen molar-refractivity contribution in [3.63, 3.8) is 0 Å². The van der Waals surface area contributed by atoms with E-state index in [9.17, 15) is 10.0 Å². The summed E-state index contributed by atoms with van der Waals surface area (Å²) in [5, 5.41) is 54.8. The first kappa shape index (κ1) is 64.5. The van der Waals surface area contributed by atoms with Crippen LogP contribution in [0.5, 0.6) is 0 Å². The summed E-state index contributed by atoms with van der Waals surface area (Å²) in [4.78, 5) is 0. The van der Waals surface area contributed by atoms with Crippen molar-refractivity contribution in [2.24, 2.45) is 0 Å². The second-order valence-corrected chi connectivity index (χ2v) is 29.2. The van der Waals surface area contributed by atoms with Gasteiger partial charge in [-0.05, 0) is 254 Å². The molecule has 0 unspecified atom stereocenters. The predicted molar refractivity (Wildman–Crippen MR) is 469 cm³/mol. The van der Waals surface area contributed by atoms with E-state index in [0.29, 0.717) is 5.46 Å². The third-order valence-corrected chi connectivity index (χ3v) is 22.8. The zero-order valence-corrected chi connectivity index (χ0v) is 60.4. The maximum atomic E-state index is 10.1. The minimum atomic E-state index is -1.52. The Labute approximate surface area is 633 Å². The average Bonchev–Trinajstić information content (AvgIpc) is 0.735. The first-order chi connectivity index (χ1) is 53.4. The van der Waals surface area contributed by atoms with Gasteiger partial charge in [-0.2, -0.15) is 0 Å². The van der Waals surface area contributed by atoms with Gasteiger partial charge < -0.3 is 10.0 Å². The topological polar surface area (TPSA) is 40.5 Å². The van der Waals surface area contributed by atoms with E-state index in [0.717, 1.165) is 37.1 Å². The second kappa shape index (κ2) is 26.8. The first-order valence-electron chi connectivity index (χ1n) is 36.9. The highest BCUT2D eigenvalue weighted by molar-refractivity contribution is 9.10. The molecule has 108 heavy (non-hydrogen) atoms. The molecule has 22 rings (SSSR count). The Morgan fingerprint density at radius 3 is 0.806 bits per heavy atom. The summed E-state index contributed by atoms with van der Waals surface area (Å²) in [6, 6.07) is 140. The minimum absolute atomic E-state index is 0.561.